The smallest absolute Gasteiger partial charge is 0.240 e. The molecule has 0 unspecified atom stereocenters. The molecule has 3 N–H and O–H groups in total. The van der Waals surface area contributed by atoms with Crippen molar-refractivity contribution in [2.45, 2.75) is 18.4 Å². The van der Waals surface area contributed by atoms with E-state index in [4.69, 9.17) is 5.73 Å². The van der Waals surface area contributed by atoms with E-state index in [1.807, 2.05) is 19.1 Å². The van der Waals surface area contributed by atoms with Gasteiger partial charge >= 0.3 is 0 Å². The molecule has 0 saturated heterocycles. The Morgan fingerprint density at radius 1 is 1.05 bits per heavy atom. The molecule has 0 heterocycles. The summed E-state index contributed by atoms with van der Waals surface area (Å²) in [6.45, 7) is 2.09. The average molecular weight is 276 g/mol. The van der Waals surface area contributed by atoms with Crippen LogP contribution >= 0.6 is 0 Å². The molecule has 5 heteroatoms. The Labute approximate surface area is 113 Å². The fourth-order valence-corrected chi connectivity index (χ4v) is 2.68. The van der Waals surface area contributed by atoms with Crippen LogP contribution in [0.1, 0.15) is 11.1 Å². The highest BCUT2D eigenvalue weighted by atomic mass is 32.2. The van der Waals surface area contributed by atoms with Crippen LogP contribution in [0, 0.1) is 6.92 Å². The highest BCUT2D eigenvalue weighted by Crippen LogP contribution is 2.13. The minimum atomic E-state index is -3.50. The van der Waals surface area contributed by atoms with Gasteiger partial charge in [0.2, 0.25) is 10.0 Å². The minimum Gasteiger partial charge on any atom is -0.398 e. The van der Waals surface area contributed by atoms with Crippen LogP contribution in [0.4, 0.5) is 5.69 Å². The van der Waals surface area contributed by atoms with Gasteiger partial charge in [-0.1, -0.05) is 35.9 Å². The highest BCUT2D eigenvalue weighted by molar-refractivity contribution is 7.89. The molecule has 19 heavy (non-hydrogen) atoms. The van der Waals surface area contributed by atoms with Crippen molar-refractivity contribution in [3.05, 3.63) is 59.7 Å². The lowest BCUT2D eigenvalue weighted by Crippen LogP contribution is -2.23. The third-order valence-corrected chi connectivity index (χ3v) is 4.26. The molecule has 4 nitrogen and oxygen atoms in total. The number of hydrogen-bond acceptors (Lipinski definition) is 3. The number of nitrogens with one attached hydrogen (secondary N) is 1. The van der Waals surface area contributed by atoms with Gasteiger partial charge in [0.05, 0.1) is 4.90 Å². The molecule has 0 aliphatic rings. The molecule has 0 fully saturated rings. The lowest BCUT2D eigenvalue weighted by atomic mass is 10.2. The maximum Gasteiger partial charge on any atom is 0.240 e. The van der Waals surface area contributed by atoms with Gasteiger partial charge in [-0.15, -0.1) is 0 Å². The summed E-state index contributed by atoms with van der Waals surface area (Å²) in [6.07, 6.45) is 0. The molecule has 2 aromatic carbocycles. The first kappa shape index (κ1) is 13.6. The summed E-state index contributed by atoms with van der Waals surface area (Å²) >= 11 is 0. The first-order valence-electron chi connectivity index (χ1n) is 5.89. The third kappa shape index (κ3) is 3.33. The summed E-state index contributed by atoms with van der Waals surface area (Å²) in [5, 5.41) is 0. The van der Waals surface area contributed by atoms with Gasteiger partial charge in [-0.25, -0.2) is 13.1 Å². The van der Waals surface area contributed by atoms with Crippen molar-refractivity contribution in [2.75, 3.05) is 5.73 Å². The Kier molecular flexibility index (Phi) is 3.87. The van der Waals surface area contributed by atoms with Gasteiger partial charge in [-0.2, -0.15) is 0 Å². The molecule has 0 radical (unpaired) electrons. The molecule has 0 saturated carbocycles. The van der Waals surface area contributed by atoms with Crippen LogP contribution in [0.3, 0.4) is 0 Å². The van der Waals surface area contributed by atoms with Gasteiger partial charge in [-0.05, 0) is 30.7 Å². The second-order valence-electron chi connectivity index (χ2n) is 4.34. The van der Waals surface area contributed by atoms with Crippen molar-refractivity contribution in [1.29, 1.82) is 0 Å². The molecule has 0 aromatic heterocycles. The van der Waals surface area contributed by atoms with Gasteiger partial charge in [-0.3, -0.25) is 0 Å². The van der Waals surface area contributed by atoms with Crippen molar-refractivity contribution >= 4 is 15.7 Å². The van der Waals surface area contributed by atoms with Gasteiger partial charge in [0, 0.05) is 12.2 Å². The Bertz CT molecular complexity index is 664. The number of hydrogen-bond donors (Lipinski definition) is 2. The zero-order chi connectivity index (χ0) is 13.9. The molecule has 0 aliphatic carbocycles. The normalized spacial score (nSPS) is 11.4. The van der Waals surface area contributed by atoms with Gasteiger partial charge < -0.3 is 5.73 Å². The SMILES string of the molecule is Cc1ccc(S(=O)(=O)NCc2ccccc2N)cc1. The summed E-state index contributed by atoms with van der Waals surface area (Å²) in [7, 11) is -3.50. The van der Waals surface area contributed by atoms with Crippen molar-refractivity contribution < 1.29 is 8.42 Å². The Hall–Kier alpha value is -1.85. The standard InChI is InChI=1S/C14H16N2O2S/c1-11-6-8-13(9-7-11)19(17,18)16-10-12-4-2-3-5-14(12)15/h2-9,16H,10,15H2,1H3. The molecule has 100 valence electrons. The number of nitrogen functional groups attached to an aromatic ring is 1. The topological polar surface area (TPSA) is 72.2 Å². The van der Waals surface area contributed by atoms with E-state index in [0.717, 1.165) is 11.1 Å². The van der Waals surface area contributed by atoms with Crippen LogP contribution in [0.2, 0.25) is 0 Å². The maximum absolute atomic E-state index is 12.1. The number of rotatable bonds is 4. The molecule has 0 atom stereocenters. The zero-order valence-corrected chi connectivity index (χ0v) is 11.4. The molecule has 2 aromatic rings. The average Bonchev–Trinajstić information content (AvgIpc) is 2.38. The van der Waals surface area contributed by atoms with Gasteiger partial charge in [0.25, 0.3) is 0 Å². The molecule has 0 amide bonds. The number of sulfonamides is 1. The summed E-state index contributed by atoms with van der Waals surface area (Å²) in [4.78, 5) is 0.257. The monoisotopic (exact) mass is 276 g/mol. The Morgan fingerprint density at radius 2 is 1.68 bits per heavy atom. The Balaban J connectivity index is 2.14. The van der Waals surface area contributed by atoms with Crippen LogP contribution in [-0.4, -0.2) is 8.42 Å². The van der Waals surface area contributed by atoms with Crippen LogP contribution in [0.25, 0.3) is 0 Å². The lowest BCUT2D eigenvalue weighted by Gasteiger charge is -2.08. The fourth-order valence-electron chi connectivity index (χ4n) is 1.67. The van der Waals surface area contributed by atoms with E-state index in [2.05, 4.69) is 4.72 Å². The lowest BCUT2D eigenvalue weighted by molar-refractivity contribution is 0.581. The van der Waals surface area contributed by atoms with E-state index in [0.29, 0.717) is 5.69 Å². The molecule has 0 aliphatic heterocycles. The Morgan fingerprint density at radius 3 is 2.32 bits per heavy atom. The molecule has 2 rings (SSSR count). The first-order chi connectivity index (χ1) is 8.99. The molecule has 0 spiro atoms. The largest absolute Gasteiger partial charge is 0.398 e. The first-order valence-corrected chi connectivity index (χ1v) is 7.37. The number of aryl methyl sites for hydroxylation is 1. The highest BCUT2D eigenvalue weighted by Gasteiger charge is 2.13. The molecular weight excluding hydrogens is 260 g/mol. The van der Waals surface area contributed by atoms with E-state index in [9.17, 15) is 8.42 Å². The van der Waals surface area contributed by atoms with Crippen molar-refractivity contribution in [1.82, 2.24) is 4.72 Å². The summed E-state index contributed by atoms with van der Waals surface area (Å²) < 4.78 is 26.7. The number of nitrogens with two attached hydrogens (primary N) is 1. The van der Waals surface area contributed by atoms with Crippen LogP contribution < -0.4 is 10.5 Å². The van der Waals surface area contributed by atoms with Crippen molar-refractivity contribution in [3.63, 3.8) is 0 Å². The summed E-state index contributed by atoms with van der Waals surface area (Å²) in [5.41, 5.74) is 8.13. The zero-order valence-electron chi connectivity index (χ0n) is 10.6. The quantitative estimate of drug-likeness (QED) is 0.840. The number of benzene rings is 2. The predicted molar refractivity (Wildman–Crippen MR) is 76.1 cm³/mol. The molecule has 0 bridgehead atoms. The number of anilines is 1. The van der Waals surface area contributed by atoms with Crippen LogP contribution in [0.15, 0.2) is 53.4 Å². The van der Waals surface area contributed by atoms with Crippen molar-refractivity contribution in [3.8, 4) is 0 Å². The second kappa shape index (κ2) is 5.42. The van der Waals surface area contributed by atoms with E-state index >= 15 is 0 Å². The maximum atomic E-state index is 12.1. The van der Waals surface area contributed by atoms with E-state index in [1.165, 1.54) is 0 Å². The van der Waals surface area contributed by atoms with Gasteiger partial charge in [0.1, 0.15) is 0 Å². The van der Waals surface area contributed by atoms with E-state index < -0.39 is 10.0 Å². The van der Waals surface area contributed by atoms with Crippen LogP contribution in [0.5, 0.6) is 0 Å². The predicted octanol–water partition coefficient (Wildman–Crippen LogP) is 2.06. The second-order valence-corrected chi connectivity index (χ2v) is 6.10. The third-order valence-electron chi connectivity index (χ3n) is 2.84. The van der Waals surface area contributed by atoms with Crippen molar-refractivity contribution in [2.24, 2.45) is 0 Å². The minimum absolute atomic E-state index is 0.183. The van der Waals surface area contributed by atoms with Crippen LogP contribution in [-0.2, 0) is 16.6 Å². The summed E-state index contributed by atoms with van der Waals surface area (Å²) in [5.74, 6) is 0. The van der Waals surface area contributed by atoms with Gasteiger partial charge in [0.15, 0.2) is 0 Å². The van der Waals surface area contributed by atoms with E-state index in [1.54, 1.807) is 36.4 Å². The fraction of sp³-hybridized carbons (Fsp3) is 0.143. The summed E-state index contributed by atoms with van der Waals surface area (Å²) in [6, 6.07) is 13.9. The number of para-hydroxylation sites is 1. The van der Waals surface area contributed by atoms with E-state index in [-0.39, 0.29) is 11.4 Å². The molecular formula is C14H16N2O2S.